The number of nitrogens with zero attached hydrogens (tertiary/aromatic N) is 1. The maximum Gasteiger partial charge on any atom is 0.319 e. The number of carbonyl (C=O) groups is 1. The van der Waals surface area contributed by atoms with Gasteiger partial charge in [-0.2, -0.15) is 0 Å². The van der Waals surface area contributed by atoms with E-state index in [0.717, 1.165) is 23.5 Å². The Morgan fingerprint density at radius 1 is 1.07 bits per heavy atom. The number of carbonyl (C=O) groups excluding carboxylic acids is 1. The molecule has 0 radical (unpaired) electrons. The molecule has 0 aliphatic heterocycles. The van der Waals surface area contributed by atoms with Crippen molar-refractivity contribution >= 4 is 34.0 Å². The quantitative estimate of drug-likeness (QED) is 0.431. The first-order valence-electron chi connectivity index (χ1n) is 9.54. The molecule has 0 aliphatic carbocycles. The minimum atomic E-state index is -0.236. The number of thiophene rings is 1. The Hall–Kier alpha value is -3.25. The van der Waals surface area contributed by atoms with E-state index >= 15 is 0 Å². The molecule has 4 aromatic rings. The number of rotatable bonds is 6. The van der Waals surface area contributed by atoms with Crippen molar-refractivity contribution in [2.75, 3.05) is 12.4 Å². The fraction of sp³-hybridized carbons (Fsp3) is 0.174. The number of para-hydroxylation sites is 1. The van der Waals surface area contributed by atoms with E-state index in [1.165, 1.54) is 21.5 Å². The lowest BCUT2D eigenvalue weighted by atomic mass is 10.1. The number of hydrogen-bond acceptors (Lipinski definition) is 3. The molecule has 0 spiro atoms. The van der Waals surface area contributed by atoms with Crippen molar-refractivity contribution < 1.29 is 9.53 Å². The molecule has 6 heteroatoms. The first-order valence-corrected chi connectivity index (χ1v) is 10.4. The van der Waals surface area contributed by atoms with Crippen LogP contribution in [0.3, 0.4) is 0 Å². The van der Waals surface area contributed by atoms with Crippen molar-refractivity contribution in [1.29, 1.82) is 0 Å². The van der Waals surface area contributed by atoms with E-state index in [2.05, 4.69) is 57.8 Å². The summed E-state index contributed by atoms with van der Waals surface area (Å²) >= 11 is 1.71. The number of methoxy groups -OCH3 is 1. The van der Waals surface area contributed by atoms with Crippen molar-refractivity contribution in [3.8, 4) is 16.3 Å². The topological polar surface area (TPSA) is 55.3 Å². The molecule has 0 atom stereocenters. The summed E-state index contributed by atoms with van der Waals surface area (Å²) in [6, 6.07) is 19.6. The average molecular weight is 406 g/mol. The smallest absolute Gasteiger partial charge is 0.319 e. The Balaban J connectivity index is 1.60. The zero-order chi connectivity index (χ0) is 20.2. The Kier molecular flexibility index (Phi) is 5.53. The van der Waals surface area contributed by atoms with E-state index in [4.69, 9.17) is 4.74 Å². The second-order valence-corrected chi connectivity index (χ2v) is 7.55. The van der Waals surface area contributed by atoms with Gasteiger partial charge in [0.15, 0.2) is 0 Å². The van der Waals surface area contributed by atoms with Gasteiger partial charge in [0, 0.05) is 35.2 Å². The molecule has 0 saturated carbocycles. The third kappa shape index (κ3) is 3.84. The molecule has 5 nitrogen and oxygen atoms in total. The number of benzene rings is 2. The maximum atomic E-state index is 12.5. The highest BCUT2D eigenvalue weighted by Crippen LogP contribution is 2.36. The average Bonchev–Trinajstić information content (AvgIpc) is 3.38. The molecule has 148 valence electrons. The zero-order valence-corrected chi connectivity index (χ0v) is 17.3. The minimum Gasteiger partial charge on any atom is -0.497 e. The third-order valence-electron chi connectivity index (χ3n) is 4.92. The lowest BCUT2D eigenvalue weighted by Crippen LogP contribution is -2.28. The summed E-state index contributed by atoms with van der Waals surface area (Å²) in [5, 5.41) is 9.15. The van der Waals surface area contributed by atoms with Gasteiger partial charge in [0.25, 0.3) is 0 Å². The Morgan fingerprint density at radius 3 is 2.55 bits per heavy atom. The second kappa shape index (κ2) is 8.41. The van der Waals surface area contributed by atoms with Crippen LogP contribution in [0.25, 0.3) is 21.5 Å². The highest BCUT2D eigenvalue weighted by molar-refractivity contribution is 7.13. The maximum absolute atomic E-state index is 12.5. The van der Waals surface area contributed by atoms with Crippen LogP contribution in [0.5, 0.6) is 5.75 Å². The van der Waals surface area contributed by atoms with Gasteiger partial charge in [-0.3, -0.25) is 0 Å². The van der Waals surface area contributed by atoms with Gasteiger partial charge in [-0.05, 0) is 48.7 Å². The highest BCUT2D eigenvalue weighted by Gasteiger charge is 2.18. The highest BCUT2D eigenvalue weighted by atomic mass is 32.1. The van der Waals surface area contributed by atoms with Crippen LogP contribution in [0.4, 0.5) is 10.5 Å². The summed E-state index contributed by atoms with van der Waals surface area (Å²) in [6.07, 6.45) is 0. The van der Waals surface area contributed by atoms with Crippen molar-refractivity contribution in [3.63, 3.8) is 0 Å². The number of aromatic nitrogens is 1. The van der Waals surface area contributed by atoms with Crippen LogP contribution in [0.1, 0.15) is 12.5 Å². The summed E-state index contributed by atoms with van der Waals surface area (Å²) in [6.45, 7) is 3.46. The lowest BCUT2D eigenvalue weighted by Gasteiger charge is -2.11. The first kappa shape index (κ1) is 19.1. The molecule has 0 unspecified atom stereocenters. The predicted molar refractivity (Wildman–Crippen MR) is 120 cm³/mol. The molecule has 2 heterocycles. The summed E-state index contributed by atoms with van der Waals surface area (Å²) in [7, 11) is 1.62. The summed E-state index contributed by atoms with van der Waals surface area (Å²) in [5.41, 5.74) is 4.21. The van der Waals surface area contributed by atoms with Gasteiger partial charge in [-0.25, -0.2) is 4.79 Å². The summed E-state index contributed by atoms with van der Waals surface area (Å²) in [5.74, 6) is 0.754. The molecule has 0 bridgehead atoms. The third-order valence-corrected chi connectivity index (χ3v) is 5.80. The molecule has 2 amide bonds. The van der Waals surface area contributed by atoms with E-state index in [-0.39, 0.29) is 6.03 Å². The molecule has 2 aromatic carbocycles. The fourth-order valence-corrected chi connectivity index (χ4v) is 4.40. The van der Waals surface area contributed by atoms with E-state index in [0.29, 0.717) is 6.54 Å². The SMILES string of the molecule is CCn1c(-c2cccs2)c(CNC(=O)Nc2ccc(OC)cc2)c2ccccc21. The number of urea groups is 1. The molecule has 0 aliphatic rings. The number of fused-ring (bicyclic) bond motifs is 1. The van der Waals surface area contributed by atoms with Crippen LogP contribution in [0.2, 0.25) is 0 Å². The molecule has 2 aromatic heterocycles. The monoisotopic (exact) mass is 405 g/mol. The zero-order valence-electron chi connectivity index (χ0n) is 16.4. The van der Waals surface area contributed by atoms with Gasteiger partial charge in [0.2, 0.25) is 0 Å². The van der Waals surface area contributed by atoms with Crippen molar-refractivity contribution in [2.24, 2.45) is 0 Å². The molecular formula is C23H23N3O2S. The van der Waals surface area contributed by atoms with E-state index in [1.807, 2.05) is 30.3 Å². The molecule has 29 heavy (non-hydrogen) atoms. The van der Waals surface area contributed by atoms with Gasteiger partial charge in [0.05, 0.1) is 17.7 Å². The minimum absolute atomic E-state index is 0.236. The number of anilines is 1. The number of hydrogen-bond donors (Lipinski definition) is 2. The van der Waals surface area contributed by atoms with Crippen molar-refractivity contribution in [2.45, 2.75) is 20.0 Å². The van der Waals surface area contributed by atoms with Gasteiger partial charge in [0.1, 0.15) is 5.75 Å². The second-order valence-electron chi connectivity index (χ2n) is 6.60. The predicted octanol–water partition coefficient (Wildman–Crippen LogP) is 5.72. The Morgan fingerprint density at radius 2 is 1.86 bits per heavy atom. The number of amides is 2. The van der Waals surface area contributed by atoms with E-state index in [1.54, 1.807) is 18.4 Å². The summed E-state index contributed by atoms with van der Waals surface area (Å²) < 4.78 is 7.47. The Labute approximate surface area is 173 Å². The van der Waals surface area contributed by atoms with Crippen LogP contribution in [0, 0.1) is 0 Å². The molecular weight excluding hydrogens is 382 g/mol. The fourth-order valence-electron chi connectivity index (χ4n) is 3.60. The summed E-state index contributed by atoms with van der Waals surface area (Å²) in [4.78, 5) is 13.7. The molecule has 0 saturated heterocycles. The number of aryl methyl sites for hydroxylation is 1. The lowest BCUT2D eigenvalue weighted by molar-refractivity contribution is 0.252. The normalized spacial score (nSPS) is 10.8. The van der Waals surface area contributed by atoms with Crippen LogP contribution >= 0.6 is 11.3 Å². The number of ether oxygens (including phenoxy) is 1. The van der Waals surface area contributed by atoms with Crippen LogP contribution in [0.15, 0.2) is 66.0 Å². The van der Waals surface area contributed by atoms with E-state index in [9.17, 15) is 4.79 Å². The van der Waals surface area contributed by atoms with Crippen LogP contribution < -0.4 is 15.4 Å². The van der Waals surface area contributed by atoms with Gasteiger partial charge in [-0.15, -0.1) is 11.3 Å². The Bertz CT molecular complexity index is 1120. The van der Waals surface area contributed by atoms with E-state index < -0.39 is 0 Å². The first-order chi connectivity index (χ1) is 14.2. The molecule has 4 rings (SSSR count). The van der Waals surface area contributed by atoms with Crippen LogP contribution in [-0.4, -0.2) is 17.7 Å². The van der Waals surface area contributed by atoms with Gasteiger partial charge >= 0.3 is 6.03 Å². The number of nitrogens with one attached hydrogen (secondary N) is 2. The van der Waals surface area contributed by atoms with Gasteiger partial charge < -0.3 is 19.9 Å². The van der Waals surface area contributed by atoms with Crippen molar-refractivity contribution in [1.82, 2.24) is 9.88 Å². The molecule has 2 N–H and O–H groups in total. The standard InChI is InChI=1S/C23H23N3O2S/c1-3-26-20-8-5-4-7-18(20)19(22(26)21-9-6-14-29-21)15-24-23(27)25-16-10-12-17(28-2)13-11-16/h4-14H,3,15H2,1-2H3,(H2,24,25,27). The van der Waals surface area contributed by atoms with Gasteiger partial charge in [-0.1, -0.05) is 24.3 Å². The van der Waals surface area contributed by atoms with Crippen LogP contribution in [-0.2, 0) is 13.1 Å². The largest absolute Gasteiger partial charge is 0.497 e. The molecule has 0 fully saturated rings. The van der Waals surface area contributed by atoms with Crippen molar-refractivity contribution in [3.05, 3.63) is 71.6 Å².